The quantitative estimate of drug-likeness (QED) is 0.671. The van der Waals surface area contributed by atoms with E-state index in [-0.39, 0.29) is 6.10 Å². The highest BCUT2D eigenvalue weighted by molar-refractivity contribution is 4.93. The summed E-state index contributed by atoms with van der Waals surface area (Å²) in [7, 11) is 0. The number of nitrogens with zero attached hydrogens (tertiary/aromatic N) is 1. The zero-order chi connectivity index (χ0) is 10.1. The van der Waals surface area contributed by atoms with Gasteiger partial charge in [-0.05, 0) is 31.6 Å². The molecule has 1 aliphatic rings. The molecule has 0 bridgehead atoms. The van der Waals surface area contributed by atoms with E-state index in [4.69, 9.17) is 0 Å². The molecule has 0 unspecified atom stereocenters. The Kier molecular flexibility index (Phi) is 3.06. The van der Waals surface area contributed by atoms with Gasteiger partial charge in [0.05, 0.1) is 6.10 Å². The smallest absolute Gasteiger partial charge is 0.102 e. The van der Waals surface area contributed by atoms with Gasteiger partial charge >= 0.3 is 0 Å². The van der Waals surface area contributed by atoms with Crippen LogP contribution in [0.3, 0.4) is 0 Å². The Morgan fingerprint density at radius 2 is 2.15 bits per heavy atom. The molecule has 0 aromatic heterocycles. The first-order valence-corrected chi connectivity index (χ1v) is 5.01. The number of aliphatic hydroxyl groups is 1. The predicted molar refractivity (Wildman–Crippen MR) is 52.4 cm³/mol. The molecule has 1 N–H and O–H groups in total. The molecule has 0 heterocycles. The first-order chi connectivity index (χ1) is 5.98. The fraction of sp³-hybridized carbons (Fsp3) is 1.00. The third kappa shape index (κ3) is 2.27. The van der Waals surface area contributed by atoms with Crippen molar-refractivity contribution in [3.63, 3.8) is 0 Å². The van der Waals surface area contributed by atoms with Gasteiger partial charge in [0.15, 0.2) is 0 Å². The molecule has 0 amide bonds. The predicted octanol–water partition coefficient (Wildman–Crippen LogP) is 2.33. The Hall–Kier alpha value is -0.440. The molecule has 1 aliphatic carbocycles. The van der Waals surface area contributed by atoms with E-state index < -0.39 is 5.54 Å². The average Bonchev–Trinajstić information content (AvgIpc) is 2.03. The molecule has 1 saturated carbocycles. The maximum atomic E-state index is 10.5. The summed E-state index contributed by atoms with van der Waals surface area (Å²) in [6.07, 6.45) is 1.91. The number of aliphatic hydroxyl groups excluding tert-OH is 1. The van der Waals surface area contributed by atoms with Crippen molar-refractivity contribution in [1.82, 2.24) is 0 Å². The standard InChI is InChI=1S/C10H19NO2/c1-7(2)8-4-5-10(3,11-13)6-9(8)12/h7-9,12H,4-6H2,1-3H3/t8-,9+,10+/m0/s1. The summed E-state index contributed by atoms with van der Waals surface area (Å²) in [5.41, 5.74) is -0.523. The molecule has 0 saturated heterocycles. The summed E-state index contributed by atoms with van der Waals surface area (Å²) in [5.74, 6) is 0.834. The second-order valence-corrected chi connectivity index (χ2v) is 4.81. The molecule has 0 aromatic carbocycles. The van der Waals surface area contributed by atoms with E-state index in [9.17, 15) is 10.0 Å². The Morgan fingerprint density at radius 1 is 1.54 bits per heavy atom. The van der Waals surface area contributed by atoms with Crippen LogP contribution in [0.2, 0.25) is 0 Å². The summed E-state index contributed by atoms with van der Waals surface area (Å²) in [6, 6.07) is 0. The summed E-state index contributed by atoms with van der Waals surface area (Å²) in [4.78, 5) is 10.5. The summed E-state index contributed by atoms with van der Waals surface area (Å²) >= 11 is 0. The van der Waals surface area contributed by atoms with Crippen molar-refractivity contribution in [2.75, 3.05) is 0 Å². The van der Waals surface area contributed by atoms with Crippen LogP contribution in [0.1, 0.15) is 40.0 Å². The zero-order valence-corrected chi connectivity index (χ0v) is 8.66. The van der Waals surface area contributed by atoms with Gasteiger partial charge in [-0.3, -0.25) is 0 Å². The van der Waals surface area contributed by atoms with Crippen molar-refractivity contribution < 1.29 is 5.11 Å². The lowest BCUT2D eigenvalue weighted by Crippen LogP contribution is -2.40. The molecule has 0 aromatic rings. The summed E-state index contributed by atoms with van der Waals surface area (Å²) < 4.78 is 0. The minimum absolute atomic E-state index is 0.342. The van der Waals surface area contributed by atoms with Crippen LogP contribution < -0.4 is 0 Å². The van der Waals surface area contributed by atoms with E-state index >= 15 is 0 Å². The molecular weight excluding hydrogens is 166 g/mol. The Balaban J connectivity index is 2.61. The minimum atomic E-state index is -0.523. The fourth-order valence-electron chi connectivity index (χ4n) is 2.23. The molecule has 3 heteroatoms. The molecule has 76 valence electrons. The van der Waals surface area contributed by atoms with Crippen LogP contribution >= 0.6 is 0 Å². The van der Waals surface area contributed by atoms with Crippen LogP contribution in [0.25, 0.3) is 0 Å². The van der Waals surface area contributed by atoms with E-state index in [2.05, 4.69) is 19.0 Å². The second kappa shape index (κ2) is 3.74. The van der Waals surface area contributed by atoms with Crippen molar-refractivity contribution in [3.05, 3.63) is 4.91 Å². The van der Waals surface area contributed by atoms with Crippen molar-refractivity contribution in [2.24, 2.45) is 17.0 Å². The third-order valence-corrected chi connectivity index (χ3v) is 3.24. The van der Waals surface area contributed by atoms with E-state index in [1.807, 2.05) is 6.92 Å². The monoisotopic (exact) mass is 185 g/mol. The molecule has 1 fully saturated rings. The molecule has 3 atom stereocenters. The number of nitroso groups, excluding NO2 is 1. The minimum Gasteiger partial charge on any atom is -0.393 e. The maximum absolute atomic E-state index is 10.5. The zero-order valence-electron chi connectivity index (χ0n) is 8.66. The van der Waals surface area contributed by atoms with Crippen LogP contribution in [-0.2, 0) is 0 Å². The Bertz CT molecular complexity index is 193. The molecule has 0 radical (unpaired) electrons. The highest BCUT2D eigenvalue weighted by Crippen LogP contribution is 2.37. The lowest BCUT2D eigenvalue weighted by molar-refractivity contribution is 0.0180. The topological polar surface area (TPSA) is 49.7 Å². The van der Waals surface area contributed by atoms with Gasteiger partial charge in [0.2, 0.25) is 0 Å². The maximum Gasteiger partial charge on any atom is 0.102 e. The SMILES string of the molecule is CC(C)[C@@H]1CC[C@@](C)(N=O)C[C@H]1O. The van der Waals surface area contributed by atoms with E-state index in [0.29, 0.717) is 18.3 Å². The van der Waals surface area contributed by atoms with Gasteiger partial charge in [-0.2, -0.15) is 4.91 Å². The molecule has 1 rings (SSSR count). The highest BCUT2D eigenvalue weighted by Gasteiger charge is 2.38. The van der Waals surface area contributed by atoms with Crippen molar-refractivity contribution >= 4 is 0 Å². The van der Waals surface area contributed by atoms with Crippen LogP contribution in [-0.4, -0.2) is 16.7 Å². The lowest BCUT2D eigenvalue weighted by Gasteiger charge is -2.37. The van der Waals surface area contributed by atoms with Gasteiger partial charge in [0, 0.05) is 6.42 Å². The molecule has 0 aliphatic heterocycles. The van der Waals surface area contributed by atoms with Crippen molar-refractivity contribution in [2.45, 2.75) is 51.7 Å². The Labute approximate surface area is 79.5 Å². The highest BCUT2D eigenvalue weighted by atomic mass is 16.3. The molecule has 13 heavy (non-hydrogen) atoms. The normalized spacial score (nSPS) is 40.7. The van der Waals surface area contributed by atoms with Crippen LogP contribution in [0, 0.1) is 16.7 Å². The summed E-state index contributed by atoms with van der Waals surface area (Å²) in [5, 5.41) is 12.9. The van der Waals surface area contributed by atoms with Crippen LogP contribution in [0.5, 0.6) is 0 Å². The van der Waals surface area contributed by atoms with Gasteiger partial charge in [0.25, 0.3) is 0 Å². The fourth-order valence-corrected chi connectivity index (χ4v) is 2.23. The van der Waals surface area contributed by atoms with Crippen LogP contribution in [0.15, 0.2) is 5.18 Å². The van der Waals surface area contributed by atoms with E-state index in [0.717, 1.165) is 12.8 Å². The van der Waals surface area contributed by atoms with Gasteiger partial charge in [-0.1, -0.05) is 19.0 Å². The molecule has 0 spiro atoms. The first-order valence-electron chi connectivity index (χ1n) is 5.01. The van der Waals surface area contributed by atoms with Gasteiger partial charge in [-0.15, -0.1) is 0 Å². The van der Waals surface area contributed by atoms with Gasteiger partial charge < -0.3 is 5.11 Å². The number of hydrogen-bond donors (Lipinski definition) is 1. The lowest BCUT2D eigenvalue weighted by atomic mass is 9.72. The number of rotatable bonds is 2. The largest absolute Gasteiger partial charge is 0.393 e. The second-order valence-electron chi connectivity index (χ2n) is 4.81. The average molecular weight is 185 g/mol. The van der Waals surface area contributed by atoms with Crippen molar-refractivity contribution in [1.29, 1.82) is 0 Å². The van der Waals surface area contributed by atoms with Gasteiger partial charge in [0.1, 0.15) is 5.54 Å². The van der Waals surface area contributed by atoms with Crippen LogP contribution in [0.4, 0.5) is 0 Å². The molecule has 3 nitrogen and oxygen atoms in total. The first kappa shape index (κ1) is 10.6. The van der Waals surface area contributed by atoms with E-state index in [1.165, 1.54) is 0 Å². The van der Waals surface area contributed by atoms with Gasteiger partial charge in [-0.25, -0.2) is 0 Å². The Morgan fingerprint density at radius 3 is 2.54 bits per heavy atom. The van der Waals surface area contributed by atoms with Crippen molar-refractivity contribution in [3.8, 4) is 0 Å². The molecular formula is C10H19NO2. The van der Waals surface area contributed by atoms with E-state index in [1.54, 1.807) is 0 Å². The third-order valence-electron chi connectivity index (χ3n) is 3.24. The number of hydrogen-bond acceptors (Lipinski definition) is 3. The summed E-state index contributed by atoms with van der Waals surface area (Å²) in [6.45, 7) is 6.07.